The van der Waals surface area contributed by atoms with Crippen molar-refractivity contribution in [1.29, 1.82) is 0 Å². The van der Waals surface area contributed by atoms with E-state index in [-0.39, 0.29) is 23.7 Å². The van der Waals surface area contributed by atoms with Crippen molar-refractivity contribution in [2.24, 2.45) is 0 Å². The van der Waals surface area contributed by atoms with E-state index in [0.29, 0.717) is 22.7 Å². The molecule has 0 saturated carbocycles. The predicted octanol–water partition coefficient (Wildman–Crippen LogP) is 3.81. The Labute approximate surface area is 129 Å². The largest absolute Gasteiger partial charge is 0.418 e. The molecule has 1 aromatic carbocycles. The second-order valence-corrected chi connectivity index (χ2v) is 7.07. The van der Waals surface area contributed by atoms with E-state index < -0.39 is 11.7 Å². The highest BCUT2D eigenvalue weighted by Gasteiger charge is 2.42. The van der Waals surface area contributed by atoms with Gasteiger partial charge in [0.25, 0.3) is 0 Å². The molecule has 2 fully saturated rings. The molecule has 0 spiro atoms. The van der Waals surface area contributed by atoms with E-state index in [0.717, 1.165) is 18.9 Å². The Morgan fingerprint density at radius 3 is 2.50 bits per heavy atom. The summed E-state index contributed by atoms with van der Waals surface area (Å²) in [6, 6.07) is 4.60. The average Bonchev–Trinajstić information content (AvgIpc) is 2.96. The quantitative estimate of drug-likeness (QED) is 0.865. The van der Waals surface area contributed by atoms with Gasteiger partial charge in [-0.15, -0.1) is 0 Å². The van der Waals surface area contributed by atoms with Crippen LogP contribution in [-0.2, 0) is 6.18 Å². The van der Waals surface area contributed by atoms with Gasteiger partial charge in [0.1, 0.15) is 0 Å². The molecule has 0 radical (unpaired) electrons. The molecule has 1 N–H and O–H groups in total. The lowest BCUT2D eigenvalue weighted by Crippen LogP contribution is -2.44. The lowest BCUT2D eigenvalue weighted by molar-refractivity contribution is -0.136. The van der Waals surface area contributed by atoms with Crippen LogP contribution < -0.4 is 4.90 Å². The van der Waals surface area contributed by atoms with E-state index in [1.54, 1.807) is 6.07 Å². The number of hydrogen-bond acceptors (Lipinski definition) is 4. The number of fused-ring (bicyclic) bond motifs is 3. The molecule has 3 heterocycles. The molecule has 3 nitrogen and oxygen atoms in total. The number of benzene rings is 1. The number of halogens is 3. The number of nitrogens with zero attached hydrogens (tertiary/aromatic N) is 2. The van der Waals surface area contributed by atoms with Crippen LogP contribution in [0.15, 0.2) is 18.2 Å². The summed E-state index contributed by atoms with van der Waals surface area (Å²) in [6.45, 7) is 0. The van der Waals surface area contributed by atoms with Crippen LogP contribution in [0.2, 0.25) is 0 Å². The van der Waals surface area contributed by atoms with Crippen molar-refractivity contribution in [2.45, 2.75) is 50.0 Å². The van der Waals surface area contributed by atoms with Crippen molar-refractivity contribution in [1.82, 2.24) is 4.98 Å². The number of hydrogen-bond donors (Lipinski definition) is 1. The molecule has 2 unspecified atom stereocenters. The predicted molar refractivity (Wildman–Crippen MR) is 79.2 cm³/mol. The van der Waals surface area contributed by atoms with E-state index in [2.05, 4.69) is 9.88 Å². The number of para-hydroxylation sites is 1. The Bertz CT molecular complexity index is 700. The second kappa shape index (κ2) is 4.83. The van der Waals surface area contributed by atoms with Crippen molar-refractivity contribution in [3.05, 3.63) is 23.8 Å². The first-order chi connectivity index (χ1) is 10.4. The van der Waals surface area contributed by atoms with Gasteiger partial charge in [-0.1, -0.05) is 17.4 Å². The standard InChI is InChI=1S/C15H15F3N2OS/c16-15(17,18)11-2-1-3-12-13(11)19-14(22-12)20-8-4-5-9(20)7-10(21)6-8/h1-3,8-10,21H,4-7H2. The van der Waals surface area contributed by atoms with Gasteiger partial charge >= 0.3 is 6.18 Å². The monoisotopic (exact) mass is 328 g/mol. The third-order valence-corrected chi connectivity index (χ3v) is 5.68. The summed E-state index contributed by atoms with van der Waals surface area (Å²) in [7, 11) is 0. The Kier molecular flexibility index (Phi) is 3.13. The molecule has 4 rings (SSSR count). The van der Waals surface area contributed by atoms with Gasteiger partial charge < -0.3 is 10.0 Å². The SMILES string of the molecule is OC1CC2CCC(C1)N2c1nc2c(C(F)(F)F)cccc2s1. The van der Waals surface area contributed by atoms with Gasteiger partial charge in [0.05, 0.1) is 21.9 Å². The van der Waals surface area contributed by atoms with Crippen molar-refractivity contribution in [3.8, 4) is 0 Å². The molecule has 2 saturated heterocycles. The van der Waals surface area contributed by atoms with E-state index in [4.69, 9.17) is 0 Å². The van der Waals surface area contributed by atoms with Gasteiger partial charge in [-0.25, -0.2) is 4.98 Å². The summed E-state index contributed by atoms with van der Waals surface area (Å²) in [5.41, 5.74) is -0.627. The fourth-order valence-electron chi connectivity index (χ4n) is 3.74. The molecule has 7 heteroatoms. The van der Waals surface area contributed by atoms with Gasteiger partial charge in [0.2, 0.25) is 0 Å². The van der Waals surface area contributed by atoms with Crippen LogP contribution in [-0.4, -0.2) is 28.3 Å². The van der Waals surface area contributed by atoms with E-state index in [1.807, 2.05) is 0 Å². The van der Waals surface area contributed by atoms with Gasteiger partial charge in [-0.3, -0.25) is 0 Å². The lowest BCUT2D eigenvalue weighted by Gasteiger charge is -2.36. The third-order valence-electron chi connectivity index (χ3n) is 4.64. The van der Waals surface area contributed by atoms with E-state index in [1.165, 1.54) is 17.4 Å². The van der Waals surface area contributed by atoms with Crippen LogP contribution >= 0.6 is 11.3 Å². The number of rotatable bonds is 1. The van der Waals surface area contributed by atoms with Crippen molar-refractivity contribution in [2.75, 3.05) is 4.90 Å². The normalized spacial score (nSPS) is 28.5. The number of alkyl halides is 3. The molecule has 1 aromatic heterocycles. The highest BCUT2D eigenvalue weighted by atomic mass is 32.1. The molecular weight excluding hydrogens is 313 g/mol. The van der Waals surface area contributed by atoms with E-state index >= 15 is 0 Å². The Morgan fingerprint density at radius 1 is 1.18 bits per heavy atom. The third kappa shape index (κ3) is 2.18. The maximum atomic E-state index is 13.1. The second-order valence-electron chi connectivity index (χ2n) is 6.06. The number of thiazole rings is 1. The number of piperidine rings is 1. The zero-order chi connectivity index (χ0) is 15.5. The van der Waals surface area contributed by atoms with E-state index in [9.17, 15) is 18.3 Å². The van der Waals surface area contributed by atoms with Crippen molar-refractivity contribution < 1.29 is 18.3 Å². The highest BCUT2D eigenvalue weighted by Crippen LogP contribution is 2.44. The molecule has 2 aliphatic heterocycles. The van der Waals surface area contributed by atoms with Crippen LogP contribution in [0.3, 0.4) is 0 Å². The number of aliphatic hydroxyl groups is 1. The van der Waals surface area contributed by atoms with Crippen LogP contribution in [0.5, 0.6) is 0 Å². The summed E-state index contributed by atoms with van der Waals surface area (Å²) >= 11 is 1.32. The first-order valence-electron chi connectivity index (χ1n) is 7.36. The summed E-state index contributed by atoms with van der Waals surface area (Å²) in [4.78, 5) is 6.45. The van der Waals surface area contributed by atoms with Gasteiger partial charge in [0, 0.05) is 12.1 Å². The van der Waals surface area contributed by atoms with Crippen LogP contribution in [0.4, 0.5) is 18.3 Å². The smallest absolute Gasteiger partial charge is 0.393 e. The molecule has 22 heavy (non-hydrogen) atoms. The Morgan fingerprint density at radius 2 is 1.86 bits per heavy atom. The van der Waals surface area contributed by atoms with Gasteiger partial charge in [-0.2, -0.15) is 13.2 Å². The number of anilines is 1. The molecule has 2 bridgehead atoms. The van der Waals surface area contributed by atoms with Crippen LogP contribution in [0, 0.1) is 0 Å². The number of aliphatic hydroxyl groups excluding tert-OH is 1. The fraction of sp³-hybridized carbons (Fsp3) is 0.533. The molecular formula is C15H15F3N2OS. The minimum atomic E-state index is -4.39. The summed E-state index contributed by atoms with van der Waals surface area (Å²) in [5.74, 6) is 0. The maximum Gasteiger partial charge on any atom is 0.418 e. The Hall–Kier alpha value is -1.34. The van der Waals surface area contributed by atoms with Crippen LogP contribution in [0.25, 0.3) is 10.2 Å². The Balaban J connectivity index is 1.78. The molecule has 0 amide bonds. The summed E-state index contributed by atoms with van der Waals surface area (Å²) in [5, 5.41) is 10.5. The minimum Gasteiger partial charge on any atom is -0.393 e. The zero-order valence-electron chi connectivity index (χ0n) is 11.7. The number of aromatic nitrogens is 1. The summed E-state index contributed by atoms with van der Waals surface area (Å²) < 4.78 is 39.9. The molecule has 118 valence electrons. The first kappa shape index (κ1) is 14.3. The minimum absolute atomic E-state index is 0.0421. The van der Waals surface area contributed by atoms with Crippen molar-refractivity contribution >= 4 is 26.7 Å². The highest BCUT2D eigenvalue weighted by molar-refractivity contribution is 7.22. The van der Waals surface area contributed by atoms with Crippen LogP contribution in [0.1, 0.15) is 31.2 Å². The first-order valence-corrected chi connectivity index (χ1v) is 8.18. The summed E-state index contributed by atoms with van der Waals surface area (Å²) in [6.07, 6.45) is -1.37. The average molecular weight is 328 g/mol. The molecule has 2 atom stereocenters. The maximum absolute atomic E-state index is 13.1. The lowest BCUT2D eigenvalue weighted by atomic mass is 10.0. The fourth-order valence-corrected chi connectivity index (χ4v) is 4.87. The zero-order valence-corrected chi connectivity index (χ0v) is 12.5. The molecule has 2 aromatic rings. The topological polar surface area (TPSA) is 36.4 Å². The molecule has 2 aliphatic rings. The van der Waals surface area contributed by atoms with Crippen molar-refractivity contribution in [3.63, 3.8) is 0 Å². The van der Waals surface area contributed by atoms with Gasteiger partial charge in [0.15, 0.2) is 5.13 Å². The van der Waals surface area contributed by atoms with Gasteiger partial charge in [-0.05, 0) is 37.8 Å². The molecule has 0 aliphatic carbocycles.